The Morgan fingerprint density at radius 2 is 2.15 bits per heavy atom. The Bertz CT molecular complexity index is 134. The number of methoxy groups -OCH3 is 1. The Morgan fingerprint density at radius 1 is 1.46 bits per heavy atom. The van der Waals surface area contributed by atoms with Gasteiger partial charge in [-0.05, 0) is 32.7 Å². The minimum atomic E-state index is 0.585. The second-order valence-electron chi connectivity index (χ2n) is 3.53. The molecule has 2 nitrogen and oxygen atoms in total. The van der Waals surface area contributed by atoms with Gasteiger partial charge >= 0.3 is 0 Å². The first kappa shape index (κ1) is 12.7. The van der Waals surface area contributed by atoms with Gasteiger partial charge in [0, 0.05) is 19.8 Å². The monoisotopic (exact) mass is 185 g/mol. The molecular formula is C11H23NO. The van der Waals surface area contributed by atoms with Crippen molar-refractivity contribution in [2.75, 3.05) is 20.3 Å². The van der Waals surface area contributed by atoms with Gasteiger partial charge in [-0.3, -0.25) is 0 Å². The zero-order valence-corrected chi connectivity index (χ0v) is 9.23. The first-order valence-corrected chi connectivity index (χ1v) is 5.07. The molecule has 0 spiro atoms. The second-order valence-corrected chi connectivity index (χ2v) is 3.53. The predicted molar refractivity (Wildman–Crippen MR) is 58.0 cm³/mol. The molecule has 0 aromatic heterocycles. The van der Waals surface area contributed by atoms with Crippen molar-refractivity contribution in [1.29, 1.82) is 0 Å². The van der Waals surface area contributed by atoms with Gasteiger partial charge in [0.15, 0.2) is 0 Å². The van der Waals surface area contributed by atoms with E-state index < -0.39 is 0 Å². The molecule has 0 heterocycles. The van der Waals surface area contributed by atoms with Crippen LogP contribution in [0.15, 0.2) is 12.2 Å². The third-order valence-corrected chi connectivity index (χ3v) is 2.08. The largest absolute Gasteiger partial charge is 0.385 e. The summed E-state index contributed by atoms with van der Waals surface area (Å²) in [5.41, 5.74) is 1.26. The van der Waals surface area contributed by atoms with Crippen LogP contribution in [0.4, 0.5) is 0 Å². The molecule has 0 aliphatic carbocycles. The van der Waals surface area contributed by atoms with E-state index in [0.717, 1.165) is 26.0 Å². The summed E-state index contributed by atoms with van der Waals surface area (Å²) in [6.45, 7) is 10.0. The number of ether oxygens (including phenoxy) is 1. The molecule has 2 heteroatoms. The highest BCUT2D eigenvalue weighted by Crippen LogP contribution is 2.07. The molecule has 1 atom stereocenters. The molecule has 0 radical (unpaired) electrons. The summed E-state index contributed by atoms with van der Waals surface area (Å²) < 4.78 is 5.06. The van der Waals surface area contributed by atoms with Crippen LogP contribution in [0.5, 0.6) is 0 Å². The molecule has 0 saturated heterocycles. The van der Waals surface area contributed by atoms with Gasteiger partial charge in [0.05, 0.1) is 0 Å². The molecule has 0 aromatic rings. The van der Waals surface area contributed by atoms with Gasteiger partial charge in [-0.1, -0.05) is 12.5 Å². The highest BCUT2D eigenvalue weighted by Gasteiger charge is 2.05. The highest BCUT2D eigenvalue weighted by molar-refractivity contribution is 4.89. The fourth-order valence-corrected chi connectivity index (χ4v) is 1.32. The summed E-state index contributed by atoms with van der Waals surface area (Å²) >= 11 is 0. The van der Waals surface area contributed by atoms with Crippen LogP contribution in [0.3, 0.4) is 0 Å². The third kappa shape index (κ3) is 8.00. The molecule has 78 valence electrons. The standard InChI is InChI=1S/C11H23NO/c1-5-12-11(8-9-13-4)7-6-10(2)3/h11-12H,2,5-9H2,1,3-4H3. The average molecular weight is 185 g/mol. The molecule has 0 bridgehead atoms. The third-order valence-electron chi connectivity index (χ3n) is 2.08. The summed E-state index contributed by atoms with van der Waals surface area (Å²) in [5.74, 6) is 0. The Labute approximate surface area is 82.4 Å². The van der Waals surface area contributed by atoms with Crippen molar-refractivity contribution < 1.29 is 4.74 Å². The van der Waals surface area contributed by atoms with Crippen LogP contribution < -0.4 is 5.32 Å². The Balaban J connectivity index is 3.59. The molecule has 0 aliphatic rings. The van der Waals surface area contributed by atoms with E-state index >= 15 is 0 Å². The van der Waals surface area contributed by atoms with Crippen LogP contribution in [-0.4, -0.2) is 26.3 Å². The van der Waals surface area contributed by atoms with E-state index in [2.05, 4.69) is 25.7 Å². The van der Waals surface area contributed by atoms with E-state index in [1.165, 1.54) is 12.0 Å². The topological polar surface area (TPSA) is 21.3 Å². The van der Waals surface area contributed by atoms with E-state index in [1.807, 2.05) is 0 Å². The van der Waals surface area contributed by atoms with E-state index in [-0.39, 0.29) is 0 Å². The van der Waals surface area contributed by atoms with Gasteiger partial charge in [-0.2, -0.15) is 0 Å². The molecular weight excluding hydrogens is 162 g/mol. The smallest absolute Gasteiger partial charge is 0.0477 e. The molecule has 0 aliphatic heterocycles. The minimum Gasteiger partial charge on any atom is -0.385 e. The maximum atomic E-state index is 5.06. The minimum absolute atomic E-state index is 0.585. The zero-order chi connectivity index (χ0) is 10.1. The lowest BCUT2D eigenvalue weighted by atomic mass is 10.1. The van der Waals surface area contributed by atoms with Gasteiger partial charge in [0.1, 0.15) is 0 Å². The van der Waals surface area contributed by atoms with E-state index in [0.29, 0.717) is 6.04 Å². The van der Waals surface area contributed by atoms with Crippen molar-refractivity contribution in [1.82, 2.24) is 5.32 Å². The van der Waals surface area contributed by atoms with E-state index in [1.54, 1.807) is 7.11 Å². The molecule has 0 aromatic carbocycles. The van der Waals surface area contributed by atoms with E-state index in [9.17, 15) is 0 Å². The molecule has 13 heavy (non-hydrogen) atoms. The summed E-state index contributed by atoms with van der Waals surface area (Å²) in [6.07, 6.45) is 3.38. The molecule has 0 saturated carbocycles. The number of rotatable bonds is 8. The summed E-state index contributed by atoms with van der Waals surface area (Å²) in [7, 11) is 1.75. The molecule has 1 unspecified atom stereocenters. The lowest BCUT2D eigenvalue weighted by Crippen LogP contribution is -2.30. The summed E-state index contributed by atoms with van der Waals surface area (Å²) in [6, 6.07) is 0.585. The van der Waals surface area contributed by atoms with Gasteiger partial charge in [0.2, 0.25) is 0 Å². The quantitative estimate of drug-likeness (QED) is 0.586. The second kappa shape index (κ2) is 8.27. The van der Waals surface area contributed by atoms with Crippen molar-refractivity contribution in [3.63, 3.8) is 0 Å². The van der Waals surface area contributed by atoms with Crippen molar-refractivity contribution in [3.05, 3.63) is 12.2 Å². The molecule has 0 amide bonds. The van der Waals surface area contributed by atoms with Gasteiger partial charge in [-0.15, -0.1) is 6.58 Å². The number of hydrogen-bond acceptors (Lipinski definition) is 2. The van der Waals surface area contributed by atoms with Gasteiger partial charge in [-0.25, -0.2) is 0 Å². The normalized spacial score (nSPS) is 12.8. The van der Waals surface area contributed by atoms with Crippen molar-refractivity contribution in [2.24, 2.45) is 0 Å². The maximum absolute atomic E-state index is 5.06. The lowest BCUT2D eigenvalue weighted by Gasteiger charge is -2.17. The fraction of sp³-hybridized carbons (Fsp3) is 0.818. The van der Waals surface area contributed by atoms with Gasteiger partial charge in [0.25, 0.3) is 0 Å². The number of allylic oxidation sites excluding steroid dienone is 1. The highest BCUT2D eigenvalue weighted by atomic mass is 16.5. The fourth-order valence-electron chi connectivity index (χ4n) is 1.32. The maximum Gasteiger partial charge on any atom is 0.0477 e. The molecule has 0 fully saturated rings. The number of nitrogens with one attached hydrogen (secondary N) is 1. The lowest BCUT2D eigenvalue weighted by molar-refractivity contribution is 0.181. The van der Waals surface area contributed by atoms with Crippen molar-refractivity contribution in [3.8, 4) is 0 Å². The Morgan fingerprint density at radius 3 is 2.62 bits per heavy atom. The Hall–Kier alpha value is -0.340. The summed E-state index contributed by atoms with van der Waals surface area (Å²) in [4.78, 5) is 0. The average Bonchev–Trinajstić information content (AvgIpc) is 2.09. The van der Waals surface area contributed by atoms with Crippen molar-refractivity contribution in [2.45, 2.75) is 39.2 Å². The number of hydrogen-bond donors (Lipinski definition) is 1. The first-order valence-electron chi connectivity index (χ1n) is 5.07. The van der Waals surface area contributed by atoms with Crippen LogP contribution in [-0.2, 0) is 4.74 Å². The van der Waals surface area contributed by atoms with Crippen LogP contribution >= 0.6 is 0 Å². The van der Waals surface area contributed by atoms with Gasteiger partial charge < -0.3 is 10.1 Å². The molecule has 0 rings (SSSR count). The molecule has 1 N–H and O–H groups in total. The SMILES string of the molecule is C=C(C)CCC(CCOC)NCC. The zero-order valence-electron chi connectivity index (χ0n) is 9.23. The summed E-state index contributed by atoms with van der Waals surface area (Å²) in [5, 5.41) is 3.45. The first-order chi connectivity index (χ1) is 6.20. The predicted octanol–water partition coefficient (Wildman–Crippen LogP) is 2.36. The Kier molecular flexibility index (Phi) is 8.05. The van der Waals surface area contributed by atoms with E-state index in [4.69, 9.17) is 4.74 Å². The van der Waals surface area contributed by atoms with Crippen LogP contribution in [0.25, 0.3) is 0 Å². The van der Waals surface area contributed by atoms with Crippen LogP contribution in [0, 0.1) is 0 Å². The van der Waals surface area contributed by atoms with Crippen molar-refractivity contribution >= 4 is 0 Å². The van der Waals surface area contributed by atoms with Crippen LogP contribution in [0.2, 0.25) is 0 Å². The van der Waals surface area contributed by atoms with Crippen LogP contribution in [0.1, 0.15) is 33.1 Å².